The van der Waals surface area contributed by atoms with Crippen molar-refractivity contribution in [2.75, 3.05) is 37.6 Å². The summed E-state index contributed by atoms with van der Waals surface area (Å²) in [5.74, 6) is -0.192. The molecule has 0 radical (unpaired) electrons. The highest BCUT2D eigenvalue weighted by molar-refractivity contribution is 14.1. The number of benzene rings is 2. The Morgan fingerprint density at radius 1 is 0.931 bits per heavy atom. The lowest BCUT2D eigenvalue weighted by Gasteiger charge is -2.36. The van der Waals surface area contributed by atoms with Gasteiger partial charge in [-0.05, 0) is 52.4 Å². The highest BCUT2D eigenvalue weighted by Gasteiger charge is 2.43. The predicted octanol–water partition coefficient (Wildman–Crippen LogP) is 3.25. The van der Waals surface area contributed by atoms with Crippen molar-refractivity contribution < 1.29 is 9.59 Å². The van der Waals surface area contributed by atoms with Crippen molar-refractivity contribution in [3.63, 3.8) is 0 Å². The van der Waals surface area contributed by atoms with Gasteiger partial charge in [0.2, 0.25) is 5.91 Å². The lowest BCUT2D eigenvalue weighted by Crippen LogP contribution is -2.52. The van der Waals surface area contributed by atoms with Crippen molar-refractivity contribution in [2.24, 2.45) is 0 Å². The van der Waals surface area contributed by atoms with Crippen LogP contribution in [0.25, 0.3) is 6.08 Å². The molecule has 2 saturated heterocycles. The zero-order valence-corrected chi connectivity index (χ0v) is 18.4. The van der Waals surface area contributed by atoms with Crippen LogP contribution in [0, 0.1) is 3.57 Å². The van der Waals surface area contributed by atoms with Crippen molar-refractivity contribution in [2.45, 2.75) is 12.5 Å². The van der Waals surface area contributed by atoms with Crippen LogP contribution in [0.4, 0.5) is 5.69 Å². The zero-order valence-electron chi connectivity index (χ0n) is 16.2. The van der Waals surface area contributed by atoms with Gasteiger partial charge in [-0.2, -0.15) is 0 Å². The van der Waals surface area contributed by atoms with E-state index in [1.165, 1.54) is 10.5 Å². The van der Waals surface area contributed by atoms with Crippen LogP contribution in [0.3, 0.4) is 0 Å². The Labute approximate surface area is 185 Å². The van der Waals surface area contributed by atoms with Gasteiger partial charge < -0.3 is 0 Å². The van der Waals surface area contributed by atoms with E-state index >= 15 is 0 Å². The molecule has 2 amide bonds. The van der Waals surface area contributed by atoms with Gasteiger partial charge in [-0.1, -0.05) is 42.5 Å². The van der Waals surface area contributed by atoms with E-state index in [0.29, 0.717) is 5.69 Å². The van der Waals surface area contributed by atoms with Crippen molar-refractivity contribution in [1.82, 2.24) is 9.80 Å². The second-order valence-electron chi connectivity index (χ2n) is 7.41. The molecule has 0 bridgehead atoms. The van der Waals surface area contributed by atoms with Gasteiger partial charge in [0.05, 0.1) is 18.2 Å². The predicted molar refractivity (Wildman–Crippen MR) is 124 cm³/mol. The van der Waals surface area contributed by atoms with Gasteiger partial charge >= 0.3 is 0 Å². The summed E-state index contributed by atoms with van der Waals surface area (Å²) in [4.78, 5) is 31.4. The van der Waals surface area contributed by atoms with Crippen LogP contribution in [0.15, 0.2) is 60.7 Å². The summed E-state index contributed by atoms with van der Waals surface area (Å²) in [5, 5.41) is 0. The summed E-state index contributed by atoms with van der Waals surface area (Å²) in [6.07, 6.45) is 4.61. The number of halogens is 1. The number of nitrogens with zero attached hydrogens (tertiary/aromatic N) is 3. The van der Waals surface area contributed by atoms with Gasteiger partial charge in [0.15, 0.2) is 0 Å². The maximum atomic E-state index is 12.9. The molecular formula is C23H24IN3O2. The van der Waals surface area contributed by atoms with E-state index in [1.807, 2.05) is 42.5 Å². The first kappa shape index (κ1) is 20.3. The van der Waals surface area contributed by atoms with Gasteiger partial charge in [-0.15, -0.1) is 0 Å². The molecule has 2 fully saturated rings. The molecule has 0 N–H and O–H groups in total. The third kappa shape index (κ3) is 4.76. The number of imide groups is 1. The maximum Gasteiger partial charge on any atom is 0.251 e. The molecular weight excluding hydrogens is 477 g/mol. The number of rotatable bonds is 5. The summed E-state index contributed by atoms with van der Waals surface area (Å²) >= 11 is 2.22. The summed E-state index contributed by atoms with van der Waals surface area (Å²) < 4.78 is 1.08. The van der Waals surface area contributed by atoms with E-state index in [1.54, 1.807) is 0 Å². The Balaban J connectivity index is 1.31. The van der Waals surface area contributed by atoms with Gasteiger partial charge in [0, 0.05) is 36.3 Å². The fraction of sp³-hybridized carbons (Fsp3) is 0.304. The van der Waals surface area contributed by atoms with E-state index in [4.69, 9.17) is 0 Å². The lowest BCUT2D eigenvalue weighted by atomic mass is 10.1. The molecule has 5 nitrogen and oxygen atoms in total. The van der Waals surface area contributed by atoms with Crippen LogP contribution in [-0.4, -0.2) is 60.4 Å². The van der Waals surface area contributed by atoms with Crippen molar-refractivity contribution in [3.05, 3.63) is 69.8 Å². The molecule has 2 aromatic carbocycles. The molecule has 0 aliphatic carbocycles. The number of hydrogen-bond acceptors (Lipinski definition) is 4. The average Bonchev–Trinajstić information content (AvgIpc) is 3.04. The molecule has 2 aliphatic rings. The monoisotopic (exact) mass is 501 g/mol. The first-order valence-electron chi connectivity index (χ1n) is 9.92. The van der Waals surface area contributed by atoms with Gasteiger partial charge in [-0.25, -0.2) is 4.90 Å². The van der Waals surface area contributed by atoms with Crippen molar-refractivity contribution in [1.29, 1.82) is 0 Å². The highest BCUT2D eigenvalue weighted by Crippen LogP contribution is 2.26. The summed E-state index contributed by atoms with van der Waals surface area (Å²) in [6, 6.07) is 17.5. The van der Waals surface area contributed by atoms with E-state index in [-0.39, 0.29) is 24.3 Å². The lowest BCUT2D eigenvalue weighted by molar-refractivity contribution is -0.123. The van der Waals surface area contributed by atoms with Gasteiger partial charge in [0.1, 0.15) is 0 Å². The number of anilines is 1. The fourth-order valence-electron chi connectivity index (χ4n) is 3.92. The molecule has 29 heavy (non-hydrogen) atoms. The SMILES string of the molecule is O=C1C[C@H](N2CCN(C/C=C\c3ccccc3)CC2)C(=O)N1c1ccc(I)cc1. The smallest absolute Gasteiger partial charge is 0.251 e. The van der Waals surface area contributed by atoms with Crippen LogP contribution in [0.1, 0.15) is 12.0 Å². The molecule has 0 aromatic heterocycles. The normalized spacial score (nSPS) is 21.4. The molecule has 0 saturated carbocycles. The van der Waals surface area contributed by atoms with Crippen molar-refractivity contribution >= 4 is 46.2 Å². The van der Waals surface area contributed by atoms with Gasteiger partial charge in [0.25, 0.3) is 5.91 Å². The summed E-state index contributed by atoms with van der Waals surface area (Å²) in [7, 11) is 0. The van der Waals surface area contributed by atoms with Crippen LogP contribution < -0.4 is 4.90 Å². The van der Waals surface area contributed by atoms with Gasteiger partial charge in [-0.3, -0.25) is 19.4 Å². The van der Waals surface area contributed by atoms with Crippen molar-refractivity contribution in [3.8, 4) is 0 Å². The second-order valence-corrected chi connectivity index (χ2v) is 8.66. The van der Waals surface area contributed by atoms with E-state index < -0.39 is 0 Å². The quantitative estimate of drug-likeness (QED) is 0.466. The molecule has 0 unspecified atom stereocenters. The highest BCUT2D eigenvalue weighted by atomic mass is 127. The molecule has 0 spiro atoms. The Bertz CT molecular complexity index is 890. The number of amides is 2. The molecule has 6 heteroatoms. The molecule has 2 aliphatic heterocycles. The zero-order chi connectivity index (χ0) is 20.2. The molecule has 150 valence electrons. The topological polar surface area (TPSA) is 43.9 Å². The first-order chi connectivity index (χ1) is 14.1. The Morgan fingerprint density at radius 3 is 2.31 bits per heavy atom. The van der Waals surface area contributed by atoms with Crippen LogP contribution >= 0.6 is 22.6 Å². The largest absolute Gasteiger partial charge is 0.297 e. The fourth-order valence-corrected chi connectivity index (χ4v) is 4.28. The maximum absolute atomic E-state index is 12.9. The number of carbonyl (C=O) groups excluding carboxylic acids is 2. The third-order valence-corrected chi connectivity index (χ3v) is 6.25. The van der Waals surface area contributed by atoms with Crippen LogP contribution in [-0.2, 0) is 9.59 Å². The second kappa shape index (κ2) is 9.19. The van der Waals surface area contributed by atoms with Crippen LogP contribution in [0.5, 0.6) is 0 Å². The standard InChI is InChI=1S/C23H24IN3O2/c24-19-8-10-20(11-9-19)27-22(28)17-21(23(27)29)26-15-13-25(14-16-26)12-4-7-18-5-2-1-3-6-18/h1-11,21H,12-17H2/b7-4-/t21-/m0/s1. The molecule has 4 rings (SSSR count). The van der Waals surface area contributed by atoms with E-state index in [0.717, 1.165) is 36.3 Å². The number of hydrogen-bond donors (Lipinski definition) is 0. The Morgan fingerprint density at radius 2 is 1.62 bits per heavy atom. The summed E-state index contributed by atoms with van der Waals surface area (Å²) in [6.45, 7) is 4.32. The van der Waals surface area contributed by atoms with E-state index in [9.17, 15) is 9.59 Å². The Hall–Kier alpha value is -2.03. The molecule has 2 heterocycles. The molecule has 2 aromatic rings. The Kier molecular flexibility index (Phi) is 6.42. The van der Waals surface area contributed by atoms with Crippen LogP contribution in [0.2, 0.25) is 0 Å². The minimum Gasteiger partial charge on any atom is -0.297 e. The first-order valence-corrected chi connectivity index (χ1v) is 11.0. The average molecular weight is 501 g/mol. The molecule has 1 atom stereocenters. The third-order valence-electron chi connectivity index (χ3n) is 5.53. The number of carbonyl (C=O) groups is 2. The minimum absolute atomic E-state index is 0.0892. The summed E-state index contributed by atoms with van der Waals surface area (Å²) in [5.41, 5.74) is 1.88. The minimum atomic E-state index is -0.330. The van der Waals surface area contributed by atoms with E-state index in [2.05, 4.69) is 56.7 Å². The number of piperazine rings is 1.